The Labute approximate surface area is 162 Å². The summed E-state index contributed by atoms with van der Waals surface area (Å²) in [5.74, 6) is 0.755. The Balaban J connectivity index is 1.53. The van der Waals surface area contributed by atoms with Crippen LogP contribution in [0, 0.1) is 6.57 Å². The third kappa shape index (κ3) is 4.31. The van der Waals surface area contributed by atoms with Gasteiger partial charge in [0.15, 0.2) is 0 Å². The van der Waals surface area contributed by atoms with Gasteiger partial charge in [-0.2, -0.15) is 0 Å². The largest absolute Gasteiger partial charge is 0.379 e. The minimum absolute atomic E-state index is 0.597. The summed E-state index contributed by atoms with van der Waals surface area (Å²) in [6, 6.07) is 11.8. The van der Waals surface area contributed by atoms with Crippen LogP contribution in [0.4, 0.5) is 16.5 Å². The molecule has 0 unspecified atom stereocenters. The molecule has 1 aliphatic rings. The van der Waals surface area contributed by atoms with Crippen LogP contribution in [0.15, 0.2) is 48.8 Å². The summed E-state index contributed by atoms with van der Waals surface area (Å²) in [6.45, 7) is 11.7. The third-order valence-electron chi connectivity index (χ3n) is 4.32. The molecular weight excluding hydrogens is 358 g/mol. The molecule has 4 rings (SSSR count). The van der Waals surface area contributed by atoms with Crippen LogP contribution < -0.4 is 5.32 Å². The summed E-state index contributed by atoms with van der Waals surface area (Å²) in [7, 11) is 0. The van der Waals surface area contributed by atoms with Crippen molar-refractivity contribution in [2.75, 3.05) is 31.6 Å². The maximum Gasteiger partial charge on any atom is 0.221 e. The van der Waals surface area contributed by atoms with Crippen LogP contribution >= 0.6 is 11.3 Å². The van der Waals surface area contributed by atoms with E-state index in [0.717, 1.165) is 59.8 Å². The molecule has 7 heteroatoms. The molecule has 3 aromatic rings. The average Bonchev–Trinajstić information content (AvgIpc) is 3.12. The van der Waals surface area contributed by atoms with E-state index in [1.54, 1.807) is 17.5 Å². The van der Waals surface area contributed by atoms with E-state index in [2.05, 4.69) is 20.0 Å². The van der Waals surface area contributed by atoms with Gasteiger partial charge in [-0.15, -0.1) is 11.3 Å². The predicted molar refractivity (Wildman–Crippen MR) is 107 cm³/mol. The molecule has 1 aliphatic heterocycles. The van der Waals surface area contributed by atoms with E-state index < -0.39 is 0 Å². The van der Waals surface area contributed by atoms with Crippen molar-refractivity contribution in [2.45, 2.75) is 6.54 Å². The van der Waals surface area contributed by atoms with Crippen molar-refractivity contribution in [3.63, 3.8) is 0 Å². The monoisotopic (exact) mass is 377 g/mol. The van der Waals surface area contributed by atoms with Gasteiger partial charge in [-0.25, -0.2) is 9.83 Å². The molecule has 0 saturated carbocycles. The first kappa shape index (κ1) is 17.6. The van der Waals surface area contributed by atoms with Gasteiger partial charge in [-0.3, -0.25) is 9.88 Å². The molecular formula is C20H19N5OS. The normalized spacial score (nSPS) is 14.6. The Bertz CT molecular complexity index is 945. The fraction of sp³-hybridized carbons (Fsp3) is 0.250. The molecule has 1 saturated heterocycles. The molecule has 1 fully saturated rings. The zero-order chi connectivity index (χ0) is 18.5. The second-order valence-electron chi connectivity index (χ2n) is 6.21. The average molecular weight is 377 g/mol. The summed E-state index contributed by atoms with van der Waals surface area (Å²) in [4.78, 5) is 15.9. The smallest absolute Gasteiger partial charge is 0.221 e. The van der Waals surface area contributed by atoms with Crippen molar-refractivity contribution in [1.82, 2.24) is 14.9 Å². The van der Waals surface area contributed by atoms with Gasteiger partial charge in [0, 0.05) is 42.5 Å². The van der Waals surface area contributed by atoms with Gasteiger partial charge in [-0.05, 0) is 24.3 Å². The van der Waals surface area contributed by atoms with Crippen molar-refractivity contribution < 1.29 is 4.74 Å². The van der Waals surface area contributed by atoms with Gasteiger partial charge in [0.25, 0.3) is 0 Å². The van der Waals surface area contributed by atoms with Gasteiger partial charge in [0.2, 0.25) is 5.69 Å². The van der Waals surface area contributed by atoms with E-state index in [0.29, 0.717) is 5.69 Å². The number of morpholine rings is 1. The van der Waals surface area contributed by atoms with Crippen LogP contribution in [0.25, 0.3) is 15.3 Å². The topological polar surface area (TPSA) is 54.6 Å². The first-order valence-electron chi connectivity index (χ1n) is 8.76. The van der Waals surface area contributed by atoms with E-state index in [4.69, 9.17) is 16.3 Å². The molecule has 0 radical (unpaired) electrons. The Morgan fingerprint density at radius 2 is 2.11 bits per heavy atom. The maximum absolute atomic E-state index is 7.48. The SMILES string of the molecule is [C-]#[N+]c1cc(-c2cccnc2)sc1Nc1cccc(CN2CCOCC2)n1. The van der Waals surface area contributed by atoms with E-state index >= 15 is 0 Å². The van der Waals surface area contributed by atoms with Crippen LogP contribution in [0.1, 0.15) is 5.69 Å². The maximum atomic E-state index is 7.48. The molecule has 0 atom stereocenters. The van der Waals surface area contributed by atoms with E-state index in [9.17, 15) is 0 Å². The fourth-order valence-corrected chi connectivity index (χ4v) is 3.94. The molecule has 4 heterocycles. The minimum atomic E-state index is 0.597. The molecule has 0 aliphatic carbocycles. The Morgan fingerprint density at radius 1 is 1.22 bits per heavy atom. The lowest BCUT2D eigenvalue weighted by atomic mass is 10.2. The van der Waals surface area contributed by atoms with Crippen molar-refractivity contribution in [1.29, 1.82) is 0 Å². The highest BCUT2D eigenvalue weighted by Gasteiger charge is 2.14. The molecule has 6 nitrogen and oxygen atoms in total. The summed E-state index contributed by atoms with van der Waals surface area (Å²) < 4.78 is 5.40. The fourth-order valence-electron chi connectivity index (χ4n) is 2.95. The summed E-state index contributed by atoms with van der Waals surface area (Å²) in [6.07, 6.45) is 3.56. The van der Waals surface area contributed by atoms with Gasteiger partial charge in [0.05, 0.1) is 30.5 Å². The number of ether oxygens (including phenoxy) is 1. The van der Waals surface area contributed by atoms with Gasteiger partial charge < -0.3 is 10.1 Å². The molecule has 1 N–H and O–H groups in total. The second kappa shape index (κ2) is 8.27. The lowest BCUT2D eigenvalue weighted by molar-refractivity contribution is 0.0337. The van der Waals surface area contributed by atoms with Gasteiger partial charge >= 0.3 is 0 Å². The van der Waals surface area contributed by atoms with Crippen LogP contribution in [-0.2, 0) is 11.3 Å². The van der Waals surface area contributed by atoms with Crippen LogP contribution in [0.2, 0.25) is 0 Å². The number of nitrogens with one attached hydrogen (secondary N) is 1. The second-order valence-corrected chi connectivity index (χ2v) is 7.26. The van der Waals surface area contributed by atoms with Crippen LogP contribution in [0.3, 0.4) is 0 Å². The van der Waals surface area contributed by atoms with E-state index in [1.807, 2.05) is 42.6 Å². The van der Waals surface area contributed by atoms with Gasteiger partial charge in [0.1, 0.15) is 5.82 Å². The number of thiophene rings is 1. The first-order chi connectivity index (χ1) is 13.3. The first-order valence-corrected chi connectivity index (χ1v) is 9.58. The summed E-state index contributed by atoms with van der Waals surface area (Å²) in [5, 5.41) is 4.13. The minimum Gasteiger partial charge on any atom is -0.379 e. The van der Waals surface area contributed by atoms with Crippen molar-refractivity contribution in [3.8, 4) is 10.4 Å². The molecule has 136 valence electrons. The van der Waals surface area contributed by atoms with Crippen LogP contribution in [0.5, 0.6) is 0 Å². The quantitative estimate of drug-likeness (QED) is 0.671. The van der Waals surface area contributed by atoms with Crippen molar-refractivity contribution in [2.24, 2.45) is 0 Å². The number of rotatable bonds is 5. The summed E-state index contributed by atoms with van der Waals surface area (Å²) in [5.41, 5.74) is 2.61. The molecule has 0 aromatic carbocycles. The van der Waals surface area contributed by atoms with E-state index in [1.165, 1.54) is 0 Å². The lowest BCUT2D eigenvalue weighted by Crippen LogP contribution is -2.35. The zero-order valence-electron chi connectivity index (χ0n) is 14.8. The number of anilines is 2. The lowest BCUT2D eigenvalue weighted by Gasteiger charge is -2.26. The standard InChI is InChI=1S/C20H19N5OS/c1-21-17-12-18(15-4-3-7-22-13-15)27-20(17)24-19-6-2-5-16(23-19)14-25-8-10-26-11-9-25/h2-7,12-13H,8-11,14H2,(H,23,24). The number of aromatic nitrogens is 2. The highest BCUT2D eigenvalue weighted by atomic mass is 32.1. The molecule has 27 heavy (non-hydrogen) atoms. The Hall–Kier alpha value is -2.79. The third-order valence-corrected chi connectivity index (χ3v) is 5.41. The molecule has 0 amide bonds. The Kier molecular flexibility index (Phi) is 5.39. The highest BCUT2D eigenvalue weighted by Crippen LogP contribution is 2.41. The Morgan fingerprint density at radius 3 is 2.89 bits per heavy atom. The molecule has 0 bridgehead atoms. The van der Waals surface area contributed by atoms with Crippen molar-refractivity contribution in [3.05, 3.63) is 65.9 Å². The zero-order valence-corrected chi connectivity index (χ0v) is 15.6. The number of hydrogen-bond donors (Lipinski definition) is 1. The van der Waals surface area contributed by atoms with Gasteiger partial charge in [-0.1, -0.05) is 12.1 Å². The number of pyridine rings is 2. The highest BCUT2D eigenvalue weighted by molar-refractivity contribution is 7.20. The summed E-state index contributed by atoms with van der Waals surface area (Å²) >= 11 is 1.54. The molecule has 3 aromatic heterocycles. The van der Waals surface area contributed by atoms with E-state index in [-0.39, 0.29) is 0 Å². The van der Waals surface area contributed by atoms with Crippen molar-refractivity contribution >= 4 is 27.8 Å². The predicted octanol–water partition coefficient (Wildman–Crippen LogP) is 4.33. The van der Waals surface area contributed by atoms with Crippen LogP contribution in [-0.4, -0.2) is 41.2 Å². The number of hydrogen-bond acceptors (Lipinski definition) is 6. The molecule has 0 spiro atoms. The number of nitrogens with zero attached hydrogens (tertiary/aromatic N) is 4.